The SMILES string of the molecule is CC(CC(=O)c1ccc(Cl)cc1)C(=O)O. The number of rotatable bonds is 4. The minimum absolute atomic E-state index is 0.0109. The van der Waals surface area contributed by atoms with Gasteiger partial charge >= 0.3 is 5.97 Å². The fourth-order valence-electron chi connectivity index (χ4n) is 1.12. The molecule has 4 heteroatoms. The Morgan fingerprint density at radius 2 is 1.87 bits per heavy atom. The molecular weight excluding hydrogens is 216 g/mol. The maximum absolute atomic E-state index is 11.6. The lowest BCUT2D eigenvalue weighted by Crippen LogP contribution is -2.14. The van der Waals surface area contributed by atoms with Crippen molar-refractivity contribution in [3.05, 3.63) is 34.9 Å². The summed E-state index contributed by atoms with van der Waals surface area (Å²) in [5, 5.41) is 9.20. The Balaban J connectivity index is 2.69. The Kier molecular flexibility index (Phi) is 3.86. The van der Waals surface area contributed by atoms with Gasteiger partial charge in [-0.2, -0.15) is 0 Å². The van der Waals surface area contributed by atoms with Crippen LogP contribution < -0.4 is 0 Å². The highest BCUT2D eigenvalue weighted by molar-refractivity contribution is 6.30. The minimum Gasteiger partial charge on any atom is -0.481 e. The van der Waals surface area contributed by atoms with Crippen molar-refractivity contribution in [3.8, 4) is 0 Å². The minimum atomic E-state index is -0.961. The van der Waals surface area contributed by atoms with Crippen molar-refractivity contribution in [1.82, 2.24) is 0 Å². The van der Waals surface area contributed by atoms with Gasteiger partial charge in [-0.1, -0.05) is 18.5 Å². The summed E-state index contributed by atoms with van der Waals surface area (Å²) in [5.41, 5.74) is 0.493. The van der Waals surface area contributed by atoms with E-state index in [1.807, 2.05) is 0 Å². The van der Waals surface area contributed by atoms with E-state index in [-0.39, 0.29) is 12.2 Å². The van der Waals surface area contributed by atoms with E-state index in [1.165, 1.54) is 6.92 Å². The maximum Gasteiger partial charge on any atom is 0.306 e. The summed E-state index contributed by atoms with van der Waals surface area (Å²) in [6.07, 6.45) is 0.0109. The first-order chi connectivity index (χ1) is 7.00. The fraction of sp³-hybridized carbons (Fsp3) is 0.273. The first-order valence-electron chi connectivity index (χ1n) is 4.52. The molecule has 0 amide bonds. The highest BCUT2D eigenvalue weighted by atomic mass is 35.5. The van der Waals surface area contributed by atoms with Crippen LogP contribution in [-0.2, 0) is 4.79 Å². The molecule has 1 aromatic rings. The molecule has 0 fully saturated rings. The van der Waals surface area contributed by atoms with E-state index in [4.69, 9.17) is 16.7 Å². The monoisotopic (exact) mass is 226 g/mol. The molecule has 1 atom stereocenters. The fourth-order valence-corrected chi connectivity index (χ4v) is 1.25. The van der Waals surface area contributed by atoms with Gasteiger partial charge in [0.15, 0.2) is 5.78 Å². The van der Waals surface area contributed by atoms with Gasteiger partial charge in [0, 0.05) is 17.0 Å². The van der Waals surface area contributed by atoms with Gasteiger partial charge in [-0.3, -0.25) is 9.59 Å². The van der Waals surface area contributed by atoms with Crippen molar-refractivity contribution in [2.75, 3.05) is 0 Å². The smallest absolute Gasteiger partial charge is 0.306 e. The molecule has 0 saturated carbocycles. The quantitative estimate of drug-likeness (QED) is 0.803. The Labute approximate surface area is 92.7 Å². The van der Waals surface area contributed by atoms with Crippen LogP contribution in [0, 0.1) is 5.92 Å². The molecule has 0 radical (unpaired) electrons. The molecule has 0 aromatic heterocycles. The molecule has 80 valence electrons. The largest absolute Gasteiger partial charge is 0.481 e. The van der Waals surface area contributed by atoms with Crippen molar-refractivity contribution >= 4 is 23.4 Å². The topological polar surface area (TPSA) is 54.4 Å². The molecule has 0 bridgehead atoms. The van der Waals surface area contributed by atoms with Crippen LogP contribution in [0.25, 0.3) is 0 Å². The second-order valence-corrected chi connectivity index (χ2v) is 3.81. The molecule has 0 saturated heterocycles. The van der Waals surface area contributed by atoms with Crippen LogP contribution in [0.1, 0.15) is 23.7 Å². The van der Waals surface area contributed by atoms with E-state index in [0.29, 0.717) is 10.6 Å². The van der Waals surface area contributed by atoms with Gasteiger partial charge in [-0.25, -0.2) is 0 Å². The van der Waals surface area contributed by atoms with Gasteiger partial charge in [-0.15, -0.1) is 0 Å². The average Bonchev–Trinajstić information content (AvgIpc) is 2.18. The lowest BCUT2D eigenvalue weighted by atomic mass is 10.00. The normalized spacial score (nSPS) is 12.1. The van der Waals surface area contributed by atoms with Gasteiger partial charge in [0.25, 0.3) is 0 Å². The number of hydrogen-bond donors (Lipinski definition) is 1. The molecule has 0 aliphatic carbocycles. The highest BCUT2D eigenvalue weighted by Gasteiger charge is 2.16. The first kappa shape index (κ1) is 11.7. The van der Waals surface area contributed by atoms with E-state index in [9.17, 15) is 9.59 Å². The van der Waals surface area contributed by atoms with Crippen LogP contribution in [-0.4, -0.2) is 16.9 Å². The van der Waals surface area contributed by atoms with Crippen LogP contribution in [0.5, 0.6) is 0 Å². The molecule has 15 heavy (non-hydrogen) atoms. The lowest BCUT2D eigenvalue weighted by Gasteiger charge is -2.04. The molecule has 0 heterocycles. The van der Waals surface area contributed by atoms with Crippen LogP contribution in [0.15, 0.2) is 24.3 Å². The number of Topliss-reactive ketones (excluding diaryl/α,β-unsaturated/α-hetero) is 1. The summed E-state index contributed by atoms with van der Waals surface area (Å²) >= 11 is 5.67. The summed E-state index contributed by atoms with van der Waals surface area (Å²) in [5.74, 6) is -1.80. The Morgan fingerprint density at radius 1 is 1.33 bits per heavy atom. The highest BCUT2D eigenvalue weighted by Crippen LogP contribution is 2.13. The van der Waals surface area contributed by atoms with Gasteiger partial charge in [0.2, 0.25) is 0 Å². The summed E-state index contributed by atoms with van der Waals surface area (Å²) in [7, 11) is 0. The summed E-state index contributed by atoms with van der Waals surface area (Å²) in [6.45, 7) is 1.51. The zero-order valence-corrected chi connectivity index (χ0v) is 8.99. The third kappa shape index (κ3) is 3.36. The lowest BCUT2D eigenvalue weighted by molar-refractivity contribution is -0.141. The van der Waals surface area contributed by atoms with Gasteiger partial charge < -0.3 is 5.11 Å². The number of carbonyl (C=O) groups is 2. The van der Waals surface area contributed by atoms with Gasteiger partial charge in [-0.05, 0) is 24.3 Å². The third-order valence-electron chi connectivity index (χ3n) is 2.08. The van der Waals surface area contributed by atoms with E-state index < -0.39 is 11.9 Å². The summed E-state index contributed by atoms with van der Waals surface area (Å²) in [6, 6.07) is 6.42. The van der Waals surface area contributed by atoms with Crippen LogP contribution >= 0.6 is 11.6 Å². The second-order valence-electron chi connectivity index (χ2n) is 3.37. The average molecular weight is 227 g/mol. The molecule has 0 spiro atoms. The summed E-state index contributed by atoms with van der Waals surface area (Å²) in [4.78, 5) is 22.1. The number of ketones is 1. The van der Waals surface area contributed by atoms with Crippen molar-refractivity contribution < 1.29 is 14.7 Å². The van der Waals surface area contributed by atoms with Gasteiger partial charge in [0.05, 0.1) is 5.92 Å². The maximum atomic E-state index is 11.6. The molecular formula is C11H11ClO3. The second kappa shape index (κ2) is 4.94. The zero-order valence-electron chi connectivity index (χ0n) is 8.24. The molecule has 0 aliphatic heterocycles. The molecule has 0 aliphatic rings. The number of carboxylic acids is 1. The van der Waals surface area contributed by atoms with Crippen molar-refractivity contribution in [2.24, 2.45) is 5.92 Å². The van der Waals surface area contributed by atoms with E-state index in [2.05, 4.69) is 0 Å². The van der Waals surface area contributed by atoms with E-state index in [0.717, 1.165) is 0 Å². The predicted octanol–water partition coefficient (Wildman–Crippen LogP) is 2.63. The number of carboxylic acid groups (broad SMARTS) is 1. The molecule has 1 aromatic carbocycles. The number of hydrogen-bond acceptors (Lipinski definition) is 2. The number of halogens is 1. The zero-order chi connectivity index (χ0) is 11.4. The van der Waals surface area contributed by atoms with Gasteiger partial charge in [0.1, 0.15) is 0 Å². The Bertz CT molecular complexity index is 370. The molecule has 1 unspecified atom stereocenters. The van der Waals surface area contributed by atoms with Crippen molar-refractivity contribution in [3.63, 3.8) is 0 Å². The molecule has 3 nitrogen and oxygen atoms in total. The Hall–Kier alpha value is -1.35. The van der Waals surface area contributed by atoms with E-state index >= 15 is 0 Å². The van der Waals surface area contributed by atoms with Crippen molar-refractivity contribution in [1.29, 1.82) is 0 Å². The van der Waals surface area contributed by atoms with Crippen LogP contribution in [0.4, 0.5) is 0 Å². The van der Waals surface area contributed by atoms with Crippen LogP contribution in [0.2, 0.25) is 5.02 Å². The molecule has 1 N–H and O–H groups in total. The predicted molar refractivity (Wildman–Crippen MR) is 57.2 cm³/mol. The van der Waals surface area contributed by atoms with Crippen LogP contribution in [0.3, 0.4) is 0 Å². The summed E-state index contributed by atoms with van der Waals surface area (Å²) < 4.78 is 0. The number of benzene rings is 1. The standard InChI is InChI=1S/C11H11ClO3/c1-7(11(14)15)6-10(13)8-2-4-9(12)5-3-8/h2-5,7H,6H2,1H3,(H,14,15). The first-order valence-corrected chi connectivity index (χ1v) is 4.90. The number of carbonyl (C=O) groups excluding carboxylic acids is 1. The molecule has 1 rings (SSSR count). The van der Waals surface area contributed by atoms with E-state index in [1.54, 1.807) is 24.3 Å². The number of aliphatic carboxylic acids is 1. The Morgan fingerprint density at radius 3 is 2.33 bits per heavy atom. The third-order valence-corrected chi connectivity index (χ3v) is 2.33. The van der Waals surface area contributed by atoms with Crippen molar-refractivity contribution in [2.45, 2.75) is 13.3 Å².